The van der Waals surface area contributed by atoms with Crippen molar-refractivity contribution in [3.05, 3.63) is 62.6 Å². The summed E-state index contributed by atoms with van der Waals surface area (Å²) in [7, 11) is 0. The number of nitrogens with one attached hydrogen (secondary N) is 1. The second-order valence-electron chi connectivity index (χ2n) is 4.06. The van der Waals surface area contributed by atoms with Crippen molar-refractivity contribution in [1.82, 2.24) is 0 Å². The molecule has 2 aromatic rings. The summed E-state index contributed by atoms with van der Waals surface area (Å²) in [6, 6.07) is 10.3. The third kappa shape index (κ3) is 3.37. The SMILES string of the molecule is N=C(N)c1ccc(OCc2cccc(Cl)c2Cl)c(Cl)c1. The van der Waals surface area contributed by atoms with Crippen molar-refractivity contribution in [3.63, 3.8) is 0 Å². The Hall–Kier alpha value is -1.42. The highest BCUT2D eigenvalue weighted by Crippen LogP contribution is 2.29. The van der Waals surface area contributed by atoms with Crippen LogP contribution in [0.25, 0.3) is 0 Å². The third-order valence-corrected chi connectivity index (χ3v) is 3.81. The molecule has 0 saturated heterocycles. The van der Waals surface area contributed by atoms with Crippen molar-refractivity contribution in [2.24, 2.45) is 5.73 Å². The van der Waals surface area contributed by atoms with Crippen LogP contribution in [0.1, 0.15) is 11.1 Å². The number of rotatable bonds is 4. The molecule has 0 bridgehead atoms. The van der Waals surface area contributed by atoms with Crippen LogP contribution in [0.2, 0.25) is 15.1 Å². The van der Waals surface area contributed by atoms with Gasteiger partial charge in [-0.25, -0.2) is 0 Å². The van der Waals surface area contributed by atoms with Crippen LogP contribution in [0.5, 0.6) is 5.75 Å². The van der Waals surface area contributed by atoms with Gasteiger partial charge < -0.3 is 10.5 Å². The van der Waals surface area contributed by atoms with Crippen LogP contribution in [0.4, 0.5) is 0 Å². The zero-order valence-corrected chi connectivity index (χ0v) is 12.6. The second kappa shape index (κ2) is 6.35. The average molecular weight is 330 g/mol. The van der Waals surface area contributed by atoms with Crippen LogP contribution >= 0.6 is 34.8 Å². The van der Waals surface area contributed by atoms with Crippen LogP contribution in [0.3, 0.4) is 0 Å². The number of hydrogen-bond donors (Lipinski definition) is 2. The molecule has 2 rings (SSSR count). The van der Waals surface area contributed by atoms with Crippen molar-refractivity contribution >= 4 is 40.6 Å². The van der Waals surface area contributed by atoms with Crippen LogP contribution in [-0.2, 0) is 6.61 Å². The number of ether oxygens (including phenoxy) is 1. The maximum atomic E-state index is 7.34. The molecule has 0 unspecified atom stereocenters. The Labute approximate surface area is 131 Å². The Bertz CT molecular complexity index is 659. The Balaban J connectivity index is 2.15. The van der Waals surface area contributed by atoms with Crippen molar-refractivity contribution in [3.8, 4) is 5.75 Å². The van der Waals surface area contributed by atoms with Gasteiger partial charge >= 0.3 is 0 Å². The van der Waals surface area contributed by atoms with E-state index in [2.05, 4.69) is 0 Å². The van der Waals surface area contributed by atoms with E-state index in [1.165, 1.54) is 0 Å². The highest BCUT2D eigenvalue weighted by molar-refractivity contribution is 6.42. The first kappa shape index (κ1) is 15.0. The molecular weight excluding hydrogens is 319 g/mol. The number of halogens is 3. The van der Waals surface area contributed by atoms with E-state index in [4.69, 9.17) is 50.7 Å². The fourth-order valence-corrected chi connectivity index (χ4v) is 2.21. The standard InChI is InChI=1S/C14H11Cl3N2O/c15-10-3-1-2-9(13(10)17)7-20-12-5-4-8(14(18)19)6-11(12)16/h1-6H,7H2,(H3,18,19). The predicted octanol–water partition coefficient (Wildman–Crippen LogP) is 4.51. The molecule has 0 aliphatic rings. The summed E-state index contributed by atoms with van der Waals surface area (Å²) in [5, 5.41) is 8.66. The van der Waals surface area contributed by atoms with E-state index in [1.54, 1.807) is 30.3 Å². The number of hydrogen-bond acceptors (Lipinski definition) is 2. The van der Waals surface area contributed by atoms with Gasteiger partial charge in [-0.2, -0.15) is 0 Å². The van der Waals surface area contributed by atoms with Crippen LogP contribution in [-0.4, -0.2) is 5.84 Å². The minimum atomic E-state index is -0.0451. The molecule has 3 nitrogen and oxygen atoms in total. The lowest BCUT2D eigenvalue weighted by molar-refractivity contribution is 0.306. The molecule has 20 heavy (non-hydrogen) atoms. The number of nitrogens with two attached hydrogens (primary N) is 1. The van der Waals surface area contributed by atoms with E-state index in [0.717, 1.165) is 5.56 Å². The Morgan fingerprint density at radius 3 is 2.50 bits per heavy atom. The third-order valence-electron chi connectivity index (χ3n) is 2.66. The van der Waals surface area contributed by atoms with Crippen LogP contribution in [0.15, 0.2) is 36.4 Å². The molecule has 0 spiro atoms. The number of benzene rings is 2. The van der Waals surface area contributed by atoms with Gasteiger partial charge in [0.2, 0.25) is 0 Å². The van der Waals surface area contributed by atoms with Crippen LogP contribution < -0.4 is 10.5 Å². The van der Waals surface area contributed by atoms with E-state index < -0.39 is 0 Å². The topological polar surface area (TPSA) is 59.1 Å². The summed E-state index contributed by atoms with van der Waals surface area (Å²) in [5.74, 6) is 0.448. The molecule has 0 atom stereocenters. The first-order chi connectivity index (χ1) is 9.49. The van der Waals surface area contributed by atoms with Gasteiger partial charge in [0.25, 0.3) is 0 Å². The molecule has 0 heterocycles. The largest absolute Gasteiger partial charge is 0.487 e. The maximum absolute atomic E-state index is 7.34. The van der Waals surface area contributed by atoms with E-state index in [9.17, 15) is 0 Å². The van der Waals surface area contributed by atoms with E-state index in [1.807, 2.05) is 6.07 Å². The average Bonchev–Trinajstić information content (AvgIpc) is 2.41. The molecule has 2 aromatic carbocycles. The van der Waals surface area contributed by atoms with Crippen molar-refractivity contribution < 1.29 is 4.74 Å². The number of nitrogen functional groups attached to an aromatic ring is 1. The fourth-order valence-electron chi connectivity index (χ4n) is 1.60. The smallest absolute Gasteiger partial charge is 0.138 e. The molecule has 104 valence electrons. The zero-order valence-electron chi connectivity index (χ0n) is 10.3. The summed E-state index contributed by atoms with van der Waals surface area (Å²) in [5.41, 5.74) is 6.70. The van der Waals surface area contributed by atoms with Gasteiger partial charge in [-0.05, 0) is 24.3 Å². The summed E-state index contributed by atoms with van der Waals surface area (Å²) in [6.07, 6.45) is 0. The lowest BCUT2D eigenvalue weighted by atomic mass is 10.2. The highest BCUT2D eigenvalue weighted by atomic mass is 35.5. The van der Waals surface area contributed by atoms with Gasteiger partial charge in [0.1, 0.15) is 18.2 Å². The summed E-state index contributed by atoms with van der Waals surface area (Å²) in [6.45, 7) is 0.249. The summed E-state index contributed by atoms with van der Waals surface area (Å²) in [4.78, 5) is 0. The van der Waals surface area contributed by atoms with Crippen LogP contribution in [0, 0.1) is 5.41 Å². The Morgan fingerprint density at radius 2 is 1.85 bits per heavy atom. The maximum Gasteiger partial charge on any atom is 0.138 e. The lowest BCUT2D eigenvalue weighted by Gasteiger charge is -2.10. The Morgan fingerprint density at radius 1 is 1.10 bits per heavy atom. The second-order valence-corrected chi connectivity index (χ2v) is 5.25. The number of amidine groups is 1. The summed E-state index contributed by atoms with van der Waals surface area (Å²) >= 11 is 18.1. The first-order valence-electron chi connectivity index (χ1n) is 5.68. The van der Waals surface area contributed by atoms with E-state index >= 15 is 0 Å². The normalized spacial score (nSPS) is 10.3. The first-order valence-corrected chi connectivity index (χ1v) is 6.82. The monoisotopic (exact) mass is 328 g/mol. The quantitative estimate of drug-likeness (QED) is 0.640. The van der Waals surface area contributed by atoms with Gasteiger partial charge in [0.15, 0.2) is 0 Å². The molecule has 0 amide bonds. The van der Waals surface area contributed by atoms with E-state index in [0.29, 0.717) is 26.4 Å². The van der Waals surface area contributed by atoms with Gasteiger partial charge in [0.05, 0.1) is 15.1 Å². The van der Waals surface area contributed by atoms with Gasteiger partial charge in [-0.3, -0.25) is 5.41 Å². The molecule has 0 radical (unpaired) electrons. The van der Waals surface area contributed by atoms with E-state index in [-0.39, 0.29) is 12.4 Å². The lowest BCUT2D eigenvalue weighted by Crippen LogP contribution is -2.10. The van der Waals surface area contributed by atoms with Crippen molar-refractivity contribution in [2.45, 2.75) is 6.61 Å². The minimum absolute atomic E-state index is 0.0451. The molecule has 6 heteroatoms. The zero-order chi connectivity index (χ0) is 14.7. The predicted molar refractivity (Wildman–Crippen MR) is 83.3 cm³/mol. The molecule has 0 aromatic heterocycles. The molecule has 0 fully saturated rings. The molecule has 0 aliphatic carbocycles. The molecule has 0 aliphatic heterocycles. The summed E-state index contributed by atoms with van der Waals surface area (Å²) < 4.78 is 5.61. The van der Waals surface area contributed by atoms with Crippen molar-refractivity contribution in [2.75, 3.05) is 0 Å². The molecule has 3 N–H and O–H groups in total. The molecule has 0 saturated carbocycles. The van der Waals surface area contributed by atoms with Gasteiger partial charge in [-0.1, -0.05) is 46.9 Å². The minimum Gasteiger partial charge on any atom is -0.487 e. The van der Waals surface area contributed by atoms with Crippen molar-refractivity contribution in [1.29, 1.82) is 5.41 Å². The van der Waals surface area contributed by atoms with Gasteiger partial charge in [-0.15, -0.1) is 0 Å². The Kier molecular flexibility index (Phi) is 4.76. The molecular formula is C14H11Cl3N2O. The highest BCUT2D eigenvalue weighted by Gasteiger charge is 2.08. The van der Waals surface area contributed by atoms with Gasteiger partial charge in [0, 0.05) is 11.1 Å². The fraction of sp³-hybridized carbons (Fsp3) is 0.0714.